The van der Waals surface area contributed by atoms with E-state index in [2.05, 4.69) is 19.2 Å². The maximum atomic E-state index is 14.3. The van der Waals surface area contributed by atoms with Crippen LogP contribution in [0.15, 0.2) is 90.5 Å². The number of ether oxygens (including phenoxy) is 2. The third-order valence-corrected chi connectivity index (χ3v) is 12.1. The molecule has 53 heavy (non-hydrogen) atoms. The maximum absolute atomic E-state index is 14.3. The number of nitrogens with two attached hydrogens (primary N) is 1. The Kier molecular flexibility index (Phi) is 12.3. The summed E-state index contributed by atoms with van der Waals surface area (Å²) in [5.74, 6) is 1.42. The van der Waals surface area contributed by atoms with Crippen molar-refractivity contribution in [3.63, 3.8) is 0 Å². The van der Waals surface area contributed by atoms with Gasteiger partial charge in [-0.15, -0.1) is 23.5 Å². The van der Waals surface area contributed by atoms with Crippen molar-refractivity contribution in [2.75, 3.05) is 44.0 Å². The average molecular weight is 753 g/mol. The summed E-state index contributed by atoms with van der Waals surface area (Å²) in [6.07, 6.45) is 2.51. The van der Waals surface area contributed by atoms with Gasteiger partial charge in [-0.05, 0) is 59.1 Å². The number of methoxy groups -OCH3 is 1. The molecule has 0 aliphatic carbocycles. The van der Waals surface area contributed by atoms with Crippen LogP contribution in [0.4, 0.5) is 5.69 Å². The molecule has 1 atom stereocenters. The topological polar surface area (TPSA) is 131 Å². The molecular weight excluding hydrogens is 709 g/mol. The van der Waals surface area contributed by atoms with Gasteiger partial charge in [0, 0.05) is 54.0 Å². The molecule has 0 aromatic heterocycles. The fourth-order valence-corrected chi connectivity index (χ4v) is 9.63. The van der Waals surface area contributed by atoms with Gasteiger partial charge < -0.3 is 25.4 Å². The lowest BCUT2D eigenvalue weighted by Gasteiger charge is -2.31. The molecule has 1 fully saturated rings. The molecule has 6 rings (SSSR count). The largest absolute Gasteiger partial charge is 0.493 e. The number of nitrogen functional groups attached to an aromatic ring is 1. The minimum atomic E-state index is -0.327. The molecule has 0 unspecified atom stereocenters. The van der Waals surface area contributed by atoms with Crippen molar-refractivity contribution in [3.05, 3.63) is 113 Å². The van der Waals surface area contributed by atoms with E-state index >= 15 is 0 Å². The Morgan fingerprint density at radius 1 is 0.943 bits per heavy atom. The highest BCUT2D eigenvalue weighted by Crippen LogP contribution is 2.40. The summed E-state index contributed by atoms with van der Waals surface area (Å²) in [6.45, 7) is 5.23. The van der Waals surface area contributed by atoms with Gasteiger partial charge >= 0.3 is 0 Å². The lowest BCUT2D eigenvalue weighted by atomic mass is 9.94. The summed E-state index contributed by atoms with van der Waals surface area (Å²) in [6, 6.07) is 23.8. The molecule has 276 valence electrons. The van der Waals surface area contributed by atoms with Gasteiger partial charge in [-0.25, -0.2) is 0 Å². The number of imide groups is 1. The van der Waals surface area contributed by atoms with Crippen LogP contribution < -0.4 is 20.5 Å². The zero-order valence-electron chi connectivity index (χ0n) is 30.1. The van der Waals surface area contributed by atoms with Crippen LogP contribution >= 0.6 is 23.5 Å². The Morgan fingerprint density at radius 2 is 1.62 bits per heavy atom. The molecule has 4 aromatic rings. The summed E-state index contributed by atoms with van der Waals surface area (Å²) in [5, 5.41) is 4.46. The average Bonchev–Trinajstić information content (AvgIpc) is 3.59. The van der Waals surface area contributed by atoms with Crippen LogP contribution in [0, 0.1) is 0 Å². The number of nitrogens with zero attached hydrogens (tertiary/aromatic N) is 2. The van der Waals surface area contributed by atoms with Crippen LogP contribution in [-0.2, 0) is 11.4 Å². The van der Waals surface area contributed by atoms with Gasteiger partial charge in [-0.3, -0.25) is 24.1 Å². The van der Waals surface area contributed by atoms with Gasteiger partial charge in [0.15, 0.2) is 11.5 Å². The summed E-state index contributed by atoms with van der Waals surface area (Å²) < 4.78 is 11.7. The smallest absolute Gasteiger partial charge is 0.261 e. The van der Waals surface area contributed by atoms with Gasteiger partial charge in [0.2, 0.25) is 5.91 Å². The molecule has 2 heterocycles. The fourth-order valence-electron chi connectivity index (χ4n) is 6.84. The second-order valence-corrected chi connectivity index (χ2v) is 15.9. The van der Waals surface area contributed by atoms with Crippen molar-refractivity contribution in [3.8, 4) is 11.5 Å². The molecular formula is C41H44N4O6S2. The maximum Gasteiger partial charge on any atom is 0.261 e. The Bertz CT molecular complexity index is 1980. The summed E-state index contributed by atoms with van der Waals surface area (Å²) >= 11 is 3.57. The summed E-state index contributed by atoms with van der Waals surface area (Å²) in [4.78, 5) is 57.0. The molecule has 1 saturated heterocycles. The van der Waals surface area contributed by atoms with E-state index in [1.165, 1.54) is 12.0 Å². The first-order valence-electron chi connectivity index (χ1n) is 17.8. The Labute approximate surface area is 318 Å². The molecule has 4 amide bonds. The number of anilines is 1. The van der Waals surface area contributed by atoms with Crippen LogP contribution in [0.2, 0.25) is 0 Å². The first-order valence-corrected chi connectivity index (χ1v) is 19.9. The van der Waals surface area contributed by atoms with E-state index in [1.54, 1.807) is 53.9 Å². The van der Waals surface area contributed by atoms with Crippen molar-refractivity contribution in [2.24, 2.45) is 0 Å². The number of carbonyl (C=O) groups is 4. The number of hydrogen-bond acceptors (Lipinski definition) is 9. The van der Waals surface area contributed by atoms with Gasteiger partial charge in [0.05, 0.1) is 23.3 Å². The number of amides is 4. The Hall–Kier alpha value is -4.94. The standard InChI is InChI=1S/C41H44N4O6S2/c1-4-52-41(53-5-2)33-20-27(24-45(33)40(49)31-22-34(50-3)35(23-32(31)42)51-25-26-12-7-6-8-13-26)21-36(46)43-18-11-19-44-38(47)29-16-9-14-28-15-10-17-30(37(28)29)39(44)48/h6-10,12-17,21-23,33,41H,4-5,11,18-20,24-25,42H2,1-3H3,(H,43,46)/b27-21+/t33-/m0/s1. The molecule has 0 radical (unpaired) electrons. The monoisotopic (exact) mass is 752 g/mol. The van der Waals surface area contributed by atoms with Gasteiger partial charge in [-0.1, -0.05) is 68.4 Å². The van der Waals surface area contributed by atoms with Crippen LogP contribution in [-0.4, -0.2) is 82.3 Å². The first-order chi connectivity index (χ1) is 25.7. The molecule has 4 aromatic carbocycles. The molecule has 3 N–H and O–H groups in total. The third kappa shape index (κ3) is 8.34. The molecule has 2 aliphatic heterocycles. The third-order valence-electron chi connectivity index (χ3n) is 9.33. The number of likely N-dealkylation sites (tertiary alicyclic amines) is 1. The predicted octanol–water partition coefficient (Wildman–Crippen LogP) is 6.79. The second kappa shape index (κ2) is 17.3. The highest BCUT2D eigenvalue weighted by atomic mass is 32.2. The van der Waals surface area contributed by atoms with E-state index in [-0.39, 0.29) is 59.6 Å². The number of rotatable bonds is 15. The van der Waals surface area contributed by atoms with Crippen LogP contribution in [0.3, 0.4) is 0 Å². The van der Waals surface area contributed by atoms with Gasteiger partial charge in [-0.2, -0.15) is 0 Å². The summed E-state index contributed by atoms with van der Waals surface area (Å²) in [7, 11) is 1.53. The minimum Gasteiger partial charge on any atom is -0.493 e. The summed E-state index contributed by atoms with van der Waals surface area (Å²) in [5.41, 5.74) is 9.93. The van der Waals surface area contributed by atoms with Crippen molar-refractivity contribution >= 4 is 63.6 Å². The fraction of sp³-hybridized carbons (Fsp3) is 0.317. The van der Waals surface area contributed by atoms with Crippen molar-refractivity contribution in [1.29, 1.82) is 0 Å². The van der Waals surface area contributed by atoms with Crippen molar-refractivity contribution in [2.45, 2.75) is 43.9 Å². The normalized spacial score (nSPS) is 16.2. The lowest BCUT2D eigenvalue weighted by molar-refractivity contribution is -0.116. The lowest BCUT2D eigenvalue weighted by Crippen LogP contribution is -2.41. The number of hydrogen-bond donors (Lipinski definition) is 2. The molecule has 2 aliphatic rings. The second-order valence-electron chi connectivity index (χ2n) is 12.8. The van der Waals surface area contributed by atoms with E-state index < -0.39 is 0 Å². The van der Waals surface area contributed by atoms with Gasteiger partial charge in [0.1, 0.15) is 6.61 Å². The molecule has 0 spiro atoms. The van der Waals surface area contributed by atoms with E-state index in [9.17, 15) is 19.2 Å². The quantitative estimate of drug-likeness (QED) is 0.0444. The Morgan fingerprint density at radius 3 is 2.26 bits per heavy atom. The molecule has 0 saturated carbocycles. The number of benzene rings is 4. The molecule has 10 nitrogen and oxygen atoms in total. The zero-order chi connectivity index (χ0) is 37.5. The SMILES string of the molecule is CCSC(SCC)[C@@H]1C/C(=C\C(=O)NCCCN2C(=O)c3cccc4cccc(c34)C2=O)CN1C(=O)c1cc(OC)c(OCc2ccccc2)cc1N. The number of thioether (sulfide) groups is 2. The van der Waals surface area contributed by atoms with Crippen molar-refractivity contribution in [1.82, 2.24) is 15.1 Å². The first kappa shape index (κ1) is 37.8. The minimum absolute atomic E-state index is 0.0927. The highest BCUT2D eigenvalue weighted by molar-refractivity contribution is 8.17. The Balaban J connectivity index is 1.12. The molecule has 0 bridgehead atoms. The molecule has 12 heteroatoms. The van der Waals surface area contributed by atoms with E-state index in [4.69, 9.17) is 15.2 Å². The van der Waals surface area contributed by atoms with Crippen LogP contribution in [0.5, 0.6) is 11.5 Å². The van der Waals surface area contributed by atoms with E-state index in [0.717, 1.165) is 28.0 Å². The number of nitrogens with one attached hydrogen (secondary N) is 1. The van der Waals surface area contributed by atoms with Gasteiger partial charge in [0.25, 0.3) is 17.7 Å². The predicted molar refractivity (Wildman–Crippen MR) is 213 cm³/mol. The zero-order valence-corrected chi connectivity index (χ0v) is 31.8. The van der Waals surface area contributed by atoms with Crippen LogP contribution in [0.1, 0.15) is 63.3 Å². The highest BCUT2D eigenvalue weighted by Gasteiger charge is 2.39. The number of carbonyl (C=O) groups excluding carboxylic acids is 4. The van der Waals surface area contributed by atoms with Crippen LogP contribution in [0.25, 0.3) is 10.8 Å². The van der Waals surface area contributed by atoms with E-state index in [1.807, 2.05) is 59.5 Å². The van der Waals surface area contributed by atoms with Crippen molar-refractivity contribution < 1.29 is 28.7 Å². The van der Waals surface area contributed by atoms with E-state index in [0.29, 0.717) is 53.0 Å².